The molecule has 3 heterocycles. The van der Waals surface area contributed by atoms with Gasteiger partial charge in [-0.3, -0.25) is 9.88 Å². The van der Waals surface area contributed by atoms with Gasteiger partial charge in [0.15, 0.2) is 0 Å². The molecular formula is C19H30N4O2. The van der Waals surface area contributed by atoms with E-state index in [-0.39, 0.29) is 6.03 Å². The smallest absolute Gasteiger partial charge is 0.317 e. The van der Waals surface area contributed by atoms with Crippen molar-refractivity contribution in [2.75, 3.05) is 45.9 Å². The van der Waals surface area contributed by atoms with Crippen LogP contribution >= 0.6 is 0 Å². The van der Waals surface area contributed by atoms with Crippen LogP contribution in [0.25, 0.3) is 0 Å². The summed E-state index contributed by atoms with van der Waals surface area (Å²) in [5, 5.41) is 3.05. The van der Waals surface area contributed by atoms with Crippen LogP contribution in [0.5, 0.6) is 0 Å². The predicted octanol–water partition coefficient (Wildman–Crippen LogP) is 1.77. The van der Waals surface area contributed by atoms with Crippen LogP contribution in [-0.2, 0) is 11.2 Å². The predicted molar refractivity (Wildman–Crippen MR) is 97.5 cm³/mol. The topological polar surface area (TPSA) is 57.7 Å². The number of piperidine rings is 1. The second-order valence-electron chi connectivity index (χ2n) is 7.05. The van der Waals surface area contributed by atoms with Gasteiger partial charge in [0.05, 0.1) is 13.2 Å². The van der Waals surface area contributed by atoms with Crippen molar-refractivity contribution in [2.45, 2.75) is 32.2 Å². The molecule has 1 aromatic rings. The number of nitrogens with one attached hydrogen (secondary N) is 1. The second-order valence-corrected chi connectivity index (χ2v) is 7.05. The second kappa shape index (κ2) is 9.15. The van der Waals surface area contributed by atoms with Crippen molar-refractivity contribution in [1.82, 2.24) is 20.1 Å². The zero-order valence-corrected chi connectivity index (χ0v) is 15.2. The Hall–Kier alpha value is -1.66. The quantitative estimate of drug-likeness (QED) is 0.883. The summed E-state index contributed by atoms with van der Waals surface area (Å²) in [5.74, 6) is 0.680. The minimum absolute atomic E-state index is 0.0755. The van der Waals surface area contributed by atoms with Crippen molar-refractivity contribution in [3.8, 4) is 0 Å². The molecule has 2 aliphatic heterocycles. The first-order valence-electron chi connectivity index (χ1n) is 9.47. The van der Waals surface area contributed by atoms with Crippen molar-refractivity contribution >= 4 is 6.03 Å². The Morgan fingerprint density at radius 2 is 1.92 bits per heavy atom. The number of morpholine rings is 1. The van der Waals surface area contributed by atoms with Gasteiger partial charge in [-0.15, -0.1) is 0 Å². The standard InChI is InChI=1S/C19H30N4O2/c1-16(22-12-14-25-15-13-22)18-5-10-23(11-6-18)19(24)21-9-4-17-2-7-20-8-3-17/h2-3,7-8,16,18H,4-6,9-15H2,1H3,(H,21,24)/t16-/m1/s1. The van der Waals surface area contributed by atoms with E-state index in [0.29, 0.717) is 18.5 Å². The minimum atomic E-state index is 0.0755. The number of carbonyl (C=O) groups is 1. The lowest BCUT2D eigenvalue weighted by Crippen LogP contribution is -2.50. The van der Waals surface area contributed by atoms with Crippen LogP contribution < -0.4 is 5.32 Å². The van der Waals surface area contributed by atoms with Crippen LogP contribution in [0.3, 0.4) is 0 Å². The largest absolute Gasteiger partial charge is 0.379 e. The maximum absolute atomic E-state index is 12.3. The molecular weight excluding hydrogens is 316 g/mol. The van der Waals surface area contributed by atoms with Crippen molar-refractivity contribution in [1.29, 1.82) is 0 Å². The molecule has 0 bridgehead atoms. The molecule has 3 rings (SSSR count). The van der Waals surface area contributed by atoms with Gasteiger partial charge in [0.2, 0.25) is 0 Å². The maximum Gasteiger partial charge on any atom is 0.317 e. The number of likely N-dealkylation sites (tertiary alicyclic amines) is 1. The Kier molecular flexibility index (Phi) is 6.64. The molecule has 2 amide bonds. The van der Waals surface area contributed by atoms with Crippen LogP contribution in [-0.4, -0.2) is 72.8 Å². The average Bonchev–Trinajstić information content (AvgIpc) is 2.69. The molecule has 1 N–H and O–H groups in total. The van der Waals surface area contributed by atoms with Crippen molar-refractivity contribution in [3.63, 3.8) is 0 Å². The molecule has 0 aromatic carbocycles. The van der Waals surface area contributed by atoms with Crippen molar-refractivity contribution < 1.29 is 9.53 Å². The number of hydrogen-bond donors (Lipinski definition) is 1. The summed E-state index contributed by atoms with van der Waals surface area (Å²) in [6.45, 7) is 8.51. The average molecular weight is 346 g/mol. The summed E-state index contributed by atoms with van der Waals surface area (Å²) >= 11 is 0. The van der Waals surface area contributed by atoms with Gasteiger partial charge >= 0.3 is 6.03 Å². The number of hydrogen-bond acceptors (Lipinski definition) is 4. The molecule has 2 fully saturated rings. The van der Waals surface area contributed by atoms with Gasteiger partial charge in [-0.25, -0.2) is 4.79 Å². The lowest BCUT2D eigenvalue weighted by molar-refractivity contribution is 0.000258. The Morgan fingerprint density at radius 1 is 1.24 bits per heavy atom. The first-order valence-corrected chi connectivity index (χ1v) is 9.47. The van der Waals surface area contributed by atoms with Gasteiger partial charge in [-0.1, -0.05) is 0 Å². The number of amides is 2. The highest BCUT2D eigenvalue weighted by molar-refractivity contribution is 5.74. The third-order valence-electron chi connectivity index (χ3n) is 5.57. The number of nitrogens with zero attached hydrogens (tertiary/aromatic N) is 3. The molecule has 138 valence electrons. The molecule has 6 heteroatoms. The van der Waals surface area contributed by atoms with E-state index in [2.05, 4.69) is 22.1 Å². The third-order valence-corrected chi connectivity index (χ3v) is 5.57. The molecule has 0 radical (unpaired) electrons. The van der Waals surface area contributed by atoms with Crippen LogP contribution in [0.4, 0.5) is 4.79 Å². The van der Waals surface area contributed by atoms with E-state index in [1.165, 1.54) is 5.56 Å². The van der Waals surface area contributed by atoms with Crippen LogP contribution in [0.2, 0.25) is 0 Å². The van der Waals surface area contributed by atoms with Crippen molar-refractivity contribution in [3.05, 3.63) is 30.1 Å². The molecule has 25 heavy (non-hydrogen) atoms. The highest BCUT2D eigenvalue weighted by Gasteiger charge is 2.29. The molecule has 0 aliphatic carbocycles. The van der Waals surface area contributed by atoms with Crippen LogP contribution in [0, 0.1) is 5.92 Å². The summed E-state index contributed by atoms with van der Waals surface area (Å²) in [4.78, 5) is 20.9. The van der Waals surface area contributed by atoms with Crippen LogP contribution in [0.15, 0.2) is 24.5 Å². The Morgan fingerprint density at radius 3 is 2.60 bits per heavy atom. The molecule has 0 saturated carbocycles. The monoisotopic (exact) mass is 346 g/mol. The summed E-state index contributed by atoms with van der Waals surface area (Å²) in [7, 11) is 0. The SMILES string of the molecule is C[C@H](C1CCN(C(=O)NCCc2ccncc2)CC1)N1CCOCC1. The van der Waals surface area contributed by atoms with E-state index >= 15 is 0 Å². The lowest BCUT2D eigenvalue weighted by Gasteiger charge is -2.41. The maximum atomic E-state index is 12.3. The number of urea groups is 1. The fourth-order valence-electron chi connectivity index (χ4n) is 3.84. The molecule has 6 nitrogen and oxygen atoms in total. The Labute approximate surface area is 150 Å². The van der Waals surface area contributed by atoms with Gasteiger partial charge in [0, 0.05) is 51.2 Å². The molecule has 0 unspecified atom stereocenters. The highest BCUT2D eigenvalue weighted by Crippen LogP contribution is 2.24. The fraction of sp³-hybridized carbons (Fsp3) is 0.684. The molecule has 2 aliphatic rings. The minimum Gasteiger partial charge on any atom is -0.379 e. The third kappa shape index (κ3) is 5.16. The van der Waals surface area contributed by atoms with E-state index < -0.39 is 0 Å². The summed E-state index contributed by atoms with van der Waals surface area (Å²) in [6, 6.07) is 4.64. The van der Waals surface area contributed by atoms with Gasteiger partial charge in [0.25, 0.3) is 0 Å². The first kappa shape index (κ1) is 18.1. The van der Waals surface area contributed by atoms with E-state index in [1.807, 2.05) is 17.0 Å². The van der Waals surface area contributed by atoms with Gasteiger partial charge in [0.1, 0.15) is 0 Å². The Balaban J connectivity index is 1.37. The molecule has 1 atom stereocenters. The number of ether oxygens (including phenoxy) is 1. The van der Waals surface area contributed by atoms with E-state index in [4.69, 9.17) is 4.74 Å². The normalized spacial score (nSPS) is 21.1. The summed E-state index contributed by atoms with van der Waals surface area (Å²) in [6.07, 6.45) is 6.61. The van der Waals surface area contributed by atoms with Crippen LogP contribution in [0.1, 0.15) is 25.3 Å². The molecule has 1 aromatic heterocycles. The summed E-state index contributed by atoms with van der Waals surface area (Å²) in [5.41, 5.74) is 1.20. The van der Waals surface area contributed by atoms with E-state index in [9.17, 15) is 4.79 Å². The van der Waals surface area contributed by atoms with Gasteiger partial charge in [-0.05, 0) is 49.8 Å². The lowest BCUT2D eigenvalue weighted by atomic mass is 9.89. The summed E-state index contributed by atoms with van der Waals surface area (Å²) < 4.78 is 5.45. The zero-order chi connectivity index (χ0) is 17.5. The number of rotatable bonds is 5. The number of aromatic nitrogens is 1. The molecule has 2 saturated heterocycles. The zero-order valence-electron chi connectivity index (χ0n) is 15.2. The van der Waals surface area contributed by atoms with Crippen molar-refractivity contribution in [2.24, 2.45) is 5.92 Å². The highest BCUT2D eigenvalue weighted by atomic mass is 16.5. The Bertz CT molecular complexity index is 525. The van der Waals surface area contributed by atoms with E-state index in [0.717, 1.165) is 58.7 Å². The number of pyridine rings is 1. The number of carbonyl (C=O) groups excluding carboxylic acids is 1. The van der Waals surface area contributed by atoms with Gasteiger partial charge < -0.3 is 15.0 Å². The van der Waals surface area contributed by atoms with Gasteiger partial charge in [-0.2, -0.15) is 0 Å². The fourth-order valence-corrected chi connectivity index (χ4v) is 3.84. The van der Waals surface area contributed by atoms with E-state index in [1.54, 1.807) is 12.4 Å². The first-order chi connectivity index (χ1) is 12.2. The molecule has 0 spiro atoms.